The average Bonchev–Trinajstić information content (AvgIpc) is 2.74. The molecule has 0 bridgehead atoms. The number of methoxy groups -OCH3 is 1. The first kappa shape index (κ1) is 28.5. The molecule has 0 saturated heterocycles. The number of alkyl halides is 3. The monoisotopic (exact) mass is 529 g/mol. The molecule has 0 saturated carbocycles. The Balaban J connectivity index is 0.00000265. The number of halogens is 5. The van der Waals surface area contributed by atoms with Gasteiger partial charge in [0.05, 0.1) is 22.7 Å². The maximum absolute atomic E-state index is 12.5. The summed E-state index contributed by atoms with van der Waals surface area (Å²) >= 11 is 12.0. The van der Waals surface area contributed by atoms with E-state index in [1.807, 2.05) is 13.8 Å². The van der Waals surface area contributed by atoms with Gasteiger partial charge in [0, 0.05) is 6.42 Å². The molecule has 0 aromatic heterocycles. The van der Waals surface area contributed by atoms with Crippen molar-refractivity contribution in [2.24, 2.45) is 0 Å². The number of carbonyl (C=O) groups excluding carboxylic acids is 2. The van der Waals surface area contributed by atoms with E-state index in [4.69, 9.17) is 23.2 Å². The van der Waals surface area contributed by atoms with Crippen molar-refractivity contribution < 1.29 is 40.1 Å². The fourth-order valence-electron chi connectivity index (χ4n) is 2.37. The van der Waals surface area contributed by atoms with Crippen LogP contribution in [0, 0.1) is 0 Å². The molecule has 33 heavy (non-hydrogen) atoms. The molecule has 2 aromatic rings. The molecule has 2 aromatic carbocycles. The topological polar surface area (TPSA) is 98.8 Å². The van der Waals surface area contributed by atoms with Crippen LogP contribution in [0.5, 0.6) is 5.75 Å². The van der Waals surface area contributed by atoms with E-state index >= 15 is 0 Å². The van der Waals surface area contributed by atoms with Crippen molar-refractivity contribution in [3.8, 4) is 5.75 Å². The van der Waals surface area contributed by atoms with Crippen molar-refractivity contribution in [2.45, 2.75) is 31.8 Å². The van der Waals surface area contributed by atoms with E-state index in [1.165, 1.54) is 30.3 Å². The lowest BCUT2D eigenvalue weighted by atomic mass is 10.1. The third-order valence-corrected chi connectivity index (χ3v) is 5.44. The summed E-state index contributed by atoms with van der Waals surface area (Å²) in [5.74, 6) is -2.14. The van der Waals surface area contributed by atoms with Gasteiger partial charge in [-0.1, -0.05) is 55.2 Å². The van der Waals surface area contributed by atoms with Gasteiger partial charge in [-0.3, -0.25) is 4.79 Å². The lowest BCUT2D eigenvalue weighted by Gasteiger charge is -2.18. The molecule has 7 nitrogen and oxygen atoms in total. The van der Waals surface area contributed by atoms with Crippen LogP contribution >= 0.6 is 23.2 Å². The molecule has 0 heterocycles. The molecular weight excluding hydrogens is 510 g/mol. The molecule has 13 heteroatoms. The molecule has 1 atom stereocenters. The Morgan fingerprint density at radius 1 is 1.03 bits per heavy atom. The van der Waals surface area contributed by atoms with Gasteiger partial charge >= 0.3 is 21.6 Å². The van der Waals surface area contributed by atoms with E-state index in [1.54, 1.807) is 0 Å². The first-order valence-electron chi connectivity index (χ1n) is 9.28. The van der Waals surface area contributed by atoms with Crippen LogP contribution in [0.1, 0.15) is 29.8 Å². The van der Waals surface area contributed by atoms with Crippen LogP contribution in [0.15, 0.2) is 42.5 Å². The third-order valence-electron chi connectivity index (χ3n) is 3.83. The first-order chi connectivity index (χ1) is 15.4. The summed E-state index contributed by atoms with van der Waals surface area (Å²) < 4.78 is 67.9. The van der Waals surface area contributed by atoms with Crippen LogP contribution in [0.4, 0.5) is 13.2 Å². The Bertz CT molecular complexity index is 1060. The van der Waals surface area contributed by atoms with Gasteiger partial charge in [-0.15, -0.1) is 0 Å². The molecule has 0 fully saturated rings. The third kappa shape index (κ3) is 7.79. The largest absolute Gasteiger partial charge is 0.534 e. The molecule has 0 radical (unpaired) electrons. The van der Waals surface area contributed by atoms with E-state index in [2.05, 4.69) is 14.2 Å². The molecule has 0 aliphatic rings. The predicted molar refractivity (Wildman–Crippen MR) is 117 cm³/mol. The Morgan fingerprint density at radius 3 is 2.00 bits per heavy atom. The van der Waals surface area contributed by atoms with Crippen molar-refractivity contribution in [1.29, 1.82) is 0 Å². The summed E-state index contributed by atoms with van der Waals surface area (Å²) in [4.78, 5) is 24.6. The van der Waals surface area contributed by atoms with Gasteiger partial charge in [-0.05, 0) is 29.8 Å². The number of ether oxygens (including phenoxy) is 1. The molecule has 1 unspecified atom stereocenters. The highest BCUT2D eigenvalue weighted by Crippen LogP contribution is 2.27. The molecule has 0 aliphatic heterocycles. The van der Waals surface area contributed by atoms with Crippen molar-refractivity contribution in [3.63, 3.8) is 0 Å². The van der Waals surface area contributed by atoms with Crippen molar-refractivity contribution in [2.75, 3.05) is 7.11 Å². The van der Waals surface area contributed by atoms with Gasteiger partial charge in [-0.2, -0.15) is 21.6 Å². The van der Waals surface area contributed by atoms with Crippen LogP contribution in [-0.4, -0.2) is 39.0 Å². The number of rotatable bonds is 7. The lowest BCUT2D eigenvalue weighted by molar-refractivity contribution is -0.142. The number of hydrogen-bond acceptors (Lipinski definition) is 6. The van der Waals surface area contributed by atoms with E-state index in [0.717, 1.165) is 19.2 Å². The van der Waals surface area contributed by atoms with E-state index in [0.29, 0.717) is 5.56 Å². The zero-order valence-corrected chi connectivity index (χ0v) is 19.9. The lowest BCUT2D eigenvalue weighted by Crippen LogP contribution is -2.43. The number of nitrogens with one attached hydrogen (secondary N) is 1. The second kappa shape index (κ2) is 12.1. The highest BCUT2D eigenvalue weighted by Gasteiger charge is 2.48. The highest BCUT2D eigenvalue weighted by atomic mass is 35.5. The average molecular weight is 530 g/mol. The Kier molecular flexibility index (Phi) is 10.5. The van der Waals surface area contributed by atoms with E-state index in [-0.39, 0.29) is 22.0 Å². The molecule has 182 valence electrons. The quantitative estimate of drug-likeness (QED) is 0.315. The Hall–Kier alpha value is -2.50. The van der Waals surface area contributed by atoms with Gasteiger partial charge in [0.2, 0.25) is 0 Å². The minimum absolute atomic E-state index is 0.0548. The predicted octanol–water partition coefficient (Wildman–Crippen LogP) is 4.76. The SMILES string of the molecule is CC.COC(=O)C(Cc1ccc(OS(=O)(=O)C(F)(F)F)cc1)NC(=O)c1c(Cl)cccc1Cl. The Morgan fingerprint density at radius 2 is 1.55 bits per heavy atom. The van der Waals surface area contributed by atoms with Crippen LogP contribution < -0.4 is 9.50 Å². The van der Waals surface area contributed by atoms with Crippen molar-refractivity contribution in [3.05, 3.63) is 63.6 Å². The summed E-state index contributed by atoms with van der Waals surface area (Å²) in [5, 5.41) is 2.54. The summed E-state index contributed by atoms with van der Waals surface area (Å²) in [6.07, 6.45) is -0.132. The first-order valence-corrected chi connectivity index (χ1v) is 11.4. The number of carbonyl (C=O) groups is 2. The van der Waals surface area contributed by atoms with Gasteiger partial charge < -0.3 is 14.2 Å². The Labute approximate surface area is 198 Å². The highest BCUT2D eigenvalue weighted by molar-refractivity contribution is 7.88. The number of benzene rings is 2. The van der Waals surface area contributed by atoms with Crippen LogP contribution in [0.2, 0.25) is 10.0 Å². The fraction of sp³-hybridized carbons (Fsp3) is 0.300. The molecule has 1 N–H and O–H groups in total. The standard InChI is InChI=1S/C18H14Cl2F3NO6S.C2H6/c1-29-17(26)14(24-16(25)15-12(19)3-2-4-13(15)20)9-10-5-7-11(8-6-10)30-31(27,28)18(21,22)23;1-2/h2-8,14H,9H2,1H3,(H,24,25);1-2H3. The number of hydrogen-bond donors (Lipinski definition) is 1. The zero-order valence-electron chi connectivity index (χ0n) is 17.6. The second-order valence-corrected chi connectivity index (χ2v) is 8.33. The minimum atomic E-state index is -5.81. The van der Waals surface area contributed by atoms with Crippen LogP contribution in [0.25, 0.3) is 0 Å². The van der Waals surface area contributed by atoms with Gasteiger partial charge in [0.1, 0.15) is 11.8 Å². The fourth-order valence-corrected chi connectivity index (χ4v) is 3.40. The molecule has 0 spiro atoms. The zero-order chi connectivity index (χ0) is 25.4. The molecule has 2 rings (SSSR count). The minimum Gasteiger partial charge on any atom is -0.467 e. The summed E-state index contributed by atoms with van der Waals surface area (Å²) in [5.41, 5.74) is -5.27. The van der Waals surface area contributed by atoms with Crippen molar-refractivity contribution >= 4 is 45.2 Å². The van der Waals surface area contributed by atoms with E-state index in [9.17, 15) is 31.2 Å². The molecule has 0 aliphatic carbocycles. The van der Waals surface area contributed by atoms with Gasteiger partial charge in [0.15, 0.2) is 0 Å². The smallest absolute Gasteiger partial charge is 0.467 e. The summed E-state index contributed by atoms with van der Waals surface area (Å²) in [6, 6.07) is 7.60. The summed E-state index contributed by atoms with van der Waals surface area (Å²) in [6.45, 7) is 4.00. The second-order valence-electron chi connectivity index (χ2n) is 5.98. The van der Waals surface area contributed by atoms with Crippen LogP contribution in [0.3, 0.4) is 0 Å². The maximum atomic E-state index is 12.5. The van der Waals surface area contributed by atoms with Gasteiger partial charge in [0.25, 0.3) is 5.91 Å². The maximum Gasteiger partial charge on any atom is 0.534 e. The van der Waals surface area contributed by atoms with E-state index < -0.39 is 39.3 Å². The summed E-state index contributed by atoms with van der Waals surface area (Å²) in [7, 11) is -4.71. The normalized spacial score (nSPS) is 12.1. The van der Waals surface area contributed by atoms with Crippen molar-refractivity contribution in [1.82, 2.24) is 5.32 Å². The van der Waals surface area contributed by atoms with Crippen LogP contribution in [-0.2, 0) is 26.1 Å². The number of amides is 1. The number of esters is 1. The van der Waals surface area contributed by atoms with Gasteiger partial charge in [-0.25, -0.2) is 4.79 Å². The molecule has 1 amide bonds. The molecular formula is C20H20Cl2F3NO6S.